The number of nitrogens with zero attached hydrogens (tertiary/aromatic N) is 1. The molecule has 0 amide bonds. The second-order valence-electron chi connectivity index (χ2n) is 5.42. The van der Waals surface area contributed by atoms with Gasteiger partial charge in [0.05, 0.1) is 13.2 Å². The molecule has 0 radical (unpaired) electrons. The van der Waals surface area contributed by atoms with Crippen molar-refractivity contribution in [2.45, 2.75) is 6.42 Å². The van der Waals surface area contributed by atoms with Crippen molar-refractivity contribution in [3.05, 3.63) is 36.1 Å². The summed E-state index contributed by atoms with van der Waals surface area (Å²) in [7, 11) is 1.72. The van der Waals surface area contributed by atoms with E-state index in [2.05, 4.69) is 4.90 Å². The Morgan fingerprint density at radius 1 is 1.45 bits per heavy atom. The molecule has 1 fully saturated rings. The van der Waals surface area contributed by atoms with Crippen LogP contribution in [-0.2, 0) is 4.74 Å². The number of hydrogen-bond acceptors (Lipinski definition) is 4. The quantitative estimate of drug-likeness (QED) is 0.785. The van der Waals surface area contributed by atoms with Crippen LogP contribution >= 0.6 is 0 Å². The van der Waals surface area contributed by atoms with Gasteiger partial charge >= 0.3 is 0 Å². The molecule has 1 aliphatic rings. The van der Waals surface area contributed by atoms with E-state index in [-0.39, 0.29) is 5.78 Å². The summed E-state index contributed by atoms with van der Waals surface area (Å²) in [6.07, 6.45) is 1.10. The fourth-order valence-electron chi connectivity index (χ4n) is 2.83. The van der Waals surface area contributed by atoms with Crippen LogP contribution in [0.2, 0.25) is 0 Å². The van der Waals surface area contributed by atoms with Crippen LogP contribution in [0.15, 0.2) is 34.7 Å². The molecule has 1 unspecified atom stereocenters. The van der Waals surface area contributed by atoms with E-state index < -0.39 is 0 Å². The molecule has 3 rings (SSSR count). The molecular weight excluding hydrogens is 254 g/mol. The molecule has 0 saturated carbocycles. The minimum Gasteiger partial charge on any atom is -0.453 e. The zero-order chi connectivity index (χ0) is 13.9. The van der Waals surface area contributed by atoms with Gasteiger partial charge in [-0.3, -0.25) is 9.69 Å². The lowest BCUT2D eigenvalue weighted by atomic mass is 10.1. The van der Waals surface area contributed by atoms with Gasteiger partial charge in [-0.25, -0.2) is 0 Å². The van der Waals surface area contributed by atoms with Crippen LogP contribution in [0, 0.1) is 5.92 Å². The van der Waals surface area contributed by atoms with Crippen molar-refractivity contribution < 1.29 is 13.9 Å². The van der Waals surface area contributed by atoms with Gasteiger partial charge < -0.3 is 9.15 Å². The Balaban J connectivity index is 1.64. The van der Waals surface area contributed by atoms with Crippen molar-refractivity contribution in [2.24, 2.45) is 5.92 Å². The molecule has 0 aliphatic carbocycles. The van der Waals surface area contributed by atoms with E-state index in [0.29, 0.717) is 18.2 Å². The highest BCUT2D eigenvalue weighted by molar-refractivity contribution is 5.98. The SMILES string of the molecule is COCC1CCN(CC(=O)c2cc3ccccc3o2)C1. The summed E-state index contributed by atoms with van der Waals surface area (Å²) in [5.74, 6) is 1.06. The van der Waals surface area contributed by atoms with Crippen LogP contribution in [0.4, 0.5) is 0 Å². The molecule has 1 saturated heterocycles. The first-order valence-corrected chi connectivity index (χ1v) is 6.99. The number of likely N-dealkylation sites (tertiary alicyclic amines) is 1. The van der Waals surface area contributed by atoms with Crippen molar-refractivity contribution in [1.29, 1.82) is 0 Å². The molecule has 20 heavy (non-hydrogen) atoms. The highest BCUT2D eigenvalue weighted by Crippen LogP contribution is 2.21. The fourth-order valence-corrected chi connectivity index (χ4v) is 2.83. The summed E-state index contributed by atoms with van der Waals surface area (Å²) in [6.45, 7) is 3.09. The van der Waals surface area contributed by atoms with E-state index in [1.165, 1.54) is 0 Å². The smallest absolute Gasteiger partial charge is 0.211 e. The Kier molecular flexibility index (Phi) is 3.85. The first-order valence-electron chi connectivity index (χ1n) is 6.99. The number of carbonyl (C=O) groups excluding carboxylic acids is 1. The number of carbonyl (C=O) groups is 1. The lowest BCUT2D eigenvalue weighted by Crippen LogP contribution is -2.28. The molecule has 1 aliphatic heterocycles. The van der Waals surface area contributed by atoms with Gasteiger partial charge in [-0.1, -0.05) is 18.2 Å². The maximum absolute atomic E-state index is 12.3. The van der Waals surface area contributed by atoms with E-state index in [1.54, 1.807) is 7.11 Å². The Bertz CT molecular complexity index is 572. The predicted molar refractivity (Wildman–Crippen MR) is 77.0 cm³/mol. The second kappa shape index (κ2) is 5.77. The molecule has 106 valence electrons. The monoisotopic (exact) mass is 273 g/mol. The van der Waals surface area contributed by atoms with E-state index in [9.17, 15) is 4.79 Å². The van der Waals surface area contributed by atoms with Gasteiger partial charge in [-0.05, 0) is 31.0 Å². The number of hydrogen-bond donors (Lipinski definition) is 0. The number of Topliss-reactive ketones (excluding diaryl/α,β-unsaturated/α-hetero) is 1. The zero-order valence-corrected chi connectivity index (χ0v) is 11.7. The van der Waals surface area contributed by atoms with Crippen LogP contribution in [0.5, 0.6) is 0 Å². The number of para-hydroxylation sites is 1. The fraction of sp³-hybridized carbons (Fsp3) is 0.438. The minimum absolute atomic E-state index is 0.0549. The van der Waals surface area contributed by atoms with Crippen LogP contribution in [0.1, 0.15) is 17.0 Å². The highest BCUT2D eigenvalue weighted by atomic mass is 16.5. The third-order valence-corrected chi connectivity index (χ3v) is 3.84. The molecule has 0 N–H and O–H groups in total. The summed E-state index contributed by atoms with van der Waals surface area (Å²) >= 11 is 0. The van der Waals surface area contributed by atoms with E-state index in [1.807, 2.05) is 30.3 Å². The number of rotatable bonds is 5. The molecule has 0 spiro atoms. The van der Waals surface area contributed by atoms with Crippen LogP contribution in [0.25, 0.3) is 11.0 Å². The summed E-state index contributed by atoms with van der Waals surface area (Å²) in [4.78, 5) is 14.4. The number of ketones is 1. The van der Waals surface area contributed by atoms with Crippen molar-refractivity contribution >= 4 is 16.8 Å². The molecule has 2 heterocycles. The first-order chi connectivity index (χ1) is 9.76. The molecule has 4 nitrogen and oxygen atoms in total. The normalized spacial score (nSPS) is 19.8. The Labute approximate surface area is 118 Å². The minimum atomic E-state index is 0.0549. The highest BCUT2D eigenvalue weighted by Gasteiger charge is 2.25. The number of methoxy groups -OCH3 is 1. The molecule has 1 atom stereocenters. The van der Waals surface area contributed by atoms with Gasteiger partial charge in [0.1, 0.15) is 5.58 Å². The van der Waals surface area contributed by atoms with Gasteiger partial charge in [0.2, 0.25) is 5.78 Å². The number of fused-ring (bicyclic) bond motifs is 1. The van der Waals surface area contributed by atoms with E-state index in [4.69, 9.17) is 9.15 Å². The summed E-state index contributed by atoms with van der Waals surface area (Å²) < 4.78 is 10.8. The van der Waals surface area contributed by atoms with Crippen molar-refractivity contribution in [3.63, 3.8) is 0 Å². The van der Waals surface area contributed by atoms with Crippen LogP contribution in [0.3, 0.4) is 0 Å². The van der Waals surface area contributed by atoms with Gasteiger partial charge in [0.25, 0.3) is 0 Å². The molecule has 1 aromatic carbocycles. The third kappa shape index (κ3) is 2.76. The van der Waals surface area contributed by atoms with Gasteiger partial charge in [0, 0.05) is 19.0 Å². The number of benzene rings is 1. The summed E-state index contributed by atoms with van der Waals surface area (Å²) in [5.41, 5.74) is 0.773. The molecule has 1 aromatic heterocycles. The lowest BCUT2D eigenvalue weighted by molar-refractivity contribution is 0.0912. The van der Waals surface area contributed by atoms with Gasteiger partial charge in [-0.15, -0.1) is 0 Å². The first kappa shape index (κ1) is 13.3. The number of furan rings is 1. The van der Waals surface area contributed by atoms with Crippen molar-refractivity contribution in [1.82, 2.24) is 4.90 Å². The Morgan fingerprint density at radius 2 is 2.30 bits per heavy atom. The summed E-state index contributed by atoms with van der Waals surface area (Å²) in [6, 6.07) is 9.54. The maximum Gasteiger partial charge on any atom is 0.211 e. The largest absolute Gasteiger partial charge is 0.453 e. The number of ether oxygens (including phenoxy) is 1. The third-order valence-electron chi connectivity index (χ3n) is 3.84. The van der Waals surface area contributed by atoms with E-state index in [0.717, 1.165) is 37.1 Å². The van der Waals surface area contributed by atoms with Crippen molar-refractivity contribution in [2.75, 3.05) is 33.4 Å². The maximum atomic E-state index is 12.3. The average molecular weight is 273 g/mol. The lowest BCUT2D eigenvalue weighted by Gasteiger charge is -2.13. The zero-order valence-electron chi connectivity index (χ0n) is 11.7. The molecule has 4 heteroatoms. The molecule has 2 aromatic rings. The van der Waals surface area contributed by atoms with Gasteiger partial charge in [0.15, 0.2) is 5.76 Å². The second-order valence-corrected chi connectivity index (χ2v) is 5.42. The Morgan fingerprint density at radius 3 is 3.10 bits per heavy atom. The molecular formula is C16H19NO3. The Hall–Kier alpha value is -1.65. The standard InChI is InChI=1S/C16H19NO3/c1-19-11-12-6-7-17(9-12)10-14(18)16-8-13-4-2-3-5-15(13)20-16/h2-5,8,12H,6-7,9-11H2,1H3. The summed E-state index contributed by atoms with van der Waals surface area (Å²) in [5, 5.41) is 0.981. The van der Waals surface area contributed by atoms with Gasteiger partial charge in [-0.2, -0.15) is 0 Å². The molecule has 0 bridgehead atoms. The average Bonchev–Trinajstić information content (AvgIpc) is 3.05. The van der Waals surface area contributed by atoms with Crippen LogP contribution in [-0.4, -0.2) is 44.0 Å². The topological polar surface area (TPSA) is 42.7 Å². The predicted octanol–water partition coefficient (Wildman–Crippen LogP) is 2.58. The van der Waals surface area contributed by atoms with Crippen molar-refractivity contribution in [3.8, 4) is 0 Å². The van der Waals surface area contributed by atoms with Crippen LogP contribution < -0.4 is 0 Å². The van der Waals surface area contributed by atoms with E-state index >= 15 is 0 Å².